The van der Waals surface area contributed by atoms with Crippen LogP contribution < -0.4 is 9.47 Å². The highest BCUT2D eigenvalue weighted by Gasteiger charge is 2.14. The summed E-state index contributed by atoms with van der Waals surface area (Å²) in [5.41, 5.74) is -0.957. The van der Waals surface area contributed by atoms with Crippen LogP contribution in [0.1, 0.15) is 10.4 Å². The second-order valence-corrected chi connectivity index (χ2v) is 5.21. The van der Waals surface area contributed by atoms with Gasteiger partial charge in [0.25, 0.3) is 5.19 Å². The van der Waals surface area contributed by atoms with Crippen molar-refractivity contribution in [1.82, 2.24) is 4.98 Å². The third kappa shape index (κ3) is 3.34. The summed E-state index contributed by atoms with van der Waals surface area (Å²) in [6.07, 6.45) is 1.44. The highest BCUT2D eigenvalue weighted by Crippen LogP contribution is 2.36. The molecule has 1 aromatic heterocycles. The first-order valence-corrected chi connectivity index (χ1v) is 6.70. The van der Waals surface area contributed by atoms with E-state index in [1.807, 2.05) is 0 Å². The SMILES string of the molecule is COc1ccc(Oc2ncc(C(Cl)N=O)s2)c(Cl)c1. The quantitative estimate of drug-likeness (QED) is 0.459. The Labute approximate surface area is 123 Å². The largest absolute Gasteiger partial charge is 0.497 e. The molecule has 0 saturated carbocycles. The molecule has 2 aromatic rings. The third-order valence-corrected chi connectivity index (χ3v) is 3.83. The van der Waals surface area contributed by atoms with Crippen molar-refractivity contribution in [3.05, 3.63) is 39.2 Å². The van der Waals surface area contributed by atoms with Crippen molar-refractivity contribution >= 4 is 34.5 Å². The molecule has 1 atom stereocenters. The van der Waals surface area contributed by atoms with Gasteiger partial charge < -0.3 is 9.47 Å². The fourth-order valence-corrected chi connectivity index (χ4v) is 2.35. The Bertz CT molecular complexity index is 591. The molecule has 1 unspecified atom stereocenters. The first kappa shape index (κ1) is 14.0. The van der Waals surface area contributed by atoms with Crippen molar-refractivity contribution in [3.63, 3.8) is 0 Å². The molecule has 0 fully saturated rings. The zero-order valence-electron chi connectivity index (χ0n) is 9.67. The van der Waals surface area contributed by atoms with E-state index in [-0.39, 0.29) is 0 Å². The van der Waals surface area contributed by atoms with Gasteiger partial charge in [-0.2, -0.15) is 0 Å². The summed E-state index contributed by atoms with van der Waals surface area (Å²) in [6, 6.07) is 5.01. The number of ether oxygens (including phenoxy) is 2. The van der Waals surface area contributed by atoms with E-state index in [0.29, 0.717) is 26.6 Å². The molecule has 0 spiro atoms. The van der Waals surface area contributed by atoms with Crippen LogP contribution in [0.2, 0.25) is 5.02 Å². The van der Waals surface area contributed by atoms with Gasteiger partial charge in [-0.25, -0.2) is 4.98 Å². The van der Waals surface area contributed by atoms with Gasteiger partial charge in [0.15, 0.2) is 0 Å². The lowest BCUT2D eigenvalue weighted by molar-refractivity contribution is 0.413. The molecule has 0 radical (unpaired) electrons. The predicted molar refractivity (Wildman–Crippen MR) is 74.6 cm³/mol. The maximum Gasteiger partial charge on any atom is 0.279 e. The number of alkyl halides is 1. The van der Waals surface area contributed by atoms with Gasteiger partial charge in [-0.1, -0.05) is 34.5 Å². The van der Waals surface area contributed by atoms with Gasteiger partial charge in [0.05, 0.1) is 17.0 Å². The number of hydrogen-bond donors (Lipinski definition) is 0. The number of nitrogens with zero attached hydrogens (tertiary/aromatic N) is 2. The number of methoxy groups -OCH3 is 1. The molecule has 5 nitrogen and oxygen atoms in total. The molecule has 0 aliphatic rings. The molecule has 19 heavy (non-hydrogen) atoms. The lowest BCUT2D eigenvalue weighted by atomic mass is 10.3. The summed E-state index contributed by atoms with van der Waals surface area (Å²) in [4.78, 5) is 14.8. The lowest BCUT2D eigenvalue weighted by Crippen LogP contribution is -1.86. The van der Waals surface area contributed by atoms with Crippen LogP contribution in [0.5, 0.6) is 16.7 Å². The van der Waals surface area contributed by atoms with Gasteiger partial charge in [0.1, 0.15) is 11.5 Å². The predicted octanol–water partition coefficient (Wildman–Crippen LogP) is 4.60. The number of aromatic nitrogens is 1. The molecule has 8 heteroatoms. The number of hydrogen-bond acceptors (Lipinski definition) is 6. The summed E-state index contributed by atoms with van der Waals surface area (Å²) >= 11 is 12.8. The van der Waals surface area contributed by atoms with Gasteiger partial charge in [0.2, 0.25) is 5.50 Å². The van der Waals surface area contributed by atoms with Gasteiger partial charge in [-0.05, 0) is 17.3 Å². The standard InChI is InChI=1S/C11H8Cl2N2O3S/c1-17-6-2-3-8(7(12)4-6)18-11-14-5-9(19-11)10(13)15-16/h2-5,10H,1H3. The Morgan fingerprint density at radius 1 is 1.47 bits per heavy atom. The minimum atomic E-state index is -0.957. The molecule has 0 aliphatic heterocycles. The fourth-order valence-electron chi connectivity index (χ4n) is 1.26. The minimum Gasteiger partial charge on any atom is -0.497 e. The monoisotopic (exact) mass is 318 g/mol. The smallest absolute Gasteiger partial charge is 0.279 e. The average Bonchev–Trinajstić information content (AvgIpc) is 2.88. The van der Waals surface area contributed by atoms with Crippen LogP contribution in [-0.4, -0.2) is 12.1 Å². The molecular weight excluding hydrogens is 311 g/mol. The molecule has 1 aromatic carbocycles. The van der Waals surface area contributed by atoms with Crippen molar-refractivity contribution in [2.24, 2.45) is 5.18 Å². The summed E-state index contributed by atoms with van der Waals surface area (Å²) in [6.45, 7) is 0. The summed E-state index contributed by atoms with van der Waals surface area (Å²) in [5.74, 6) is 1.07. The maximum atomic E-state index is 10.3. The van der Waals surface area contributed by atoms with E-state index in [0.717, 1.165) is 11.3 Å². The van der Waals surface area contributed by atoms with E-state index in [2.05, 4.69) is 10.2 Å². The number of rotatable bonds is 5. The van der Waals surface area contributed by atoms with Crippen LogP contribution in [0, 0.1) is 4.91 Å². The molecule has 0 bridgehead atoms. The zero-order valence-corrected chi connectivity index (χ0v) is 12.0. The van der Waals surface area contributed by atoms with Crippen LogP contribution in [0.25, 0.3) is 0 Å². The van der Waals surface area contributed by atoms with Crippen molar-refractivity contribution in [2.75, 3.05) is 7.11 Å². The van der Waals surface area contributed by atoms with Crippen LogP contribution >= 0.6 is 34.5 Å². The van der Waals surface area contributed by atoms with Gasteiger partial charge in [0, 0.05) is 12.3 Å². The van der Waals surface area contributed by atoms with Gasteiger partial charge in [-0.15, -0.1) is 4.91 Å². The van der Waals surface area contributed by atoms with E-state index in [1.165, 1.54) is 6.20 Å². The minimum absolute atomic E-state index is 0.330. The number of nitroso groups, excluding NO2 is 1. The lowest BCUT2D eigenvalue weighted by Gasteiger charge is -2.05. The van der Waals surface area contributed by atoms with Crippen LogP contribution in [-0.2, 0) is 0 Å². The van der Waals surface area contributed by atoms with E-state index < -0.39 is 5.50 Å². The molecule has 100 valence electrons. The second kappa shape index (κ2) is 6.18. The molecular formula is C11H8Cl2N2O3S. The highest BCUT2D eigenvalue weighted by molar-refractivity contribution is 7.13. The van der Waals surface area contributed by atoms with Crippen molar-refractivity contribution in [2.45, 2.75) is 5.50 Å². The van der Waals surface area contributed by atoms with E-state index in [9.17, 15) is 4.91 Å². The van der Waals surface area contributed by atoms with Gasteiger partial charge >= 0.3 is 0 Å². The van der Waals surface area contributed by atoms with Crippen molar-refractivity contribution < 1.29 is 9.47 Å². The Balaban J connectivity index is 2.17. The molecule has 1 heterocycles. The number of halogens is 2. The Hall–Kier alpha value is -1.37. The topological polar surface area (TPSA) is 60.8 Å². The molecule has 2 rings (SSSR count). The molecule has 0 saturated heterocycles. The summed E-state index contributed by atoms with van der Waals surface area (Å²) in [7, 11) is 1.55. The molecule has 0 N–H and O–H groups in total. The van der Waals surface area contributed by atoms with Crippen molar-refractivity contribution in [3.8, 4) is 16.7 Å². The van der Waals surface area contributed by atoms with Crippen LogP contribution in [0.4, 0.5) is 0 Å². The van der Waals surface area contributed by atoms with Crippen molar-refractivity contribution in [1.29, 1.82) is 0 Å². The zero-order chi connectivity index (χ0) is 13.8. The van der Waals surface area contributed by atoms with E-state index >= 15 is 0 Å². The molecule has 0 aliphatic carbocycles. The average molecular weight is 319 g/mol. The first-order chi connectivity index (χ1) is 9.13. The van der Waals surface area contributed by atoms with Crippen LogP contribution in [0.3, 0.4) is 0 Å². The fraction of sp³-hybridized carbons (Fsp3) is 0.182. The highest BCUT2D eigenvalue weighted by atomic mass is 35.5. The van der Waals surface area contributed by atoms with E-state index in [4.69, 9.17) is 32.7 Å². The Morgan fingerprint density at radius 3 is 2.89 bits per heavy atom. The van der Waals surface area contributed by atoms with E-state index in [1.54, 1.807) is 25.3 Å². The molecule has 0 amide bonds. The second-order valence-electron chi connectivity index (χ2n) is 3.37. The Morgan fingerprint density at radius 2 is 2.26 bits per heavy atom. The summed E-state index contributed by atoms with van der Waals surface area (Å²) < 4.78 is 10.5. The number of thiazole rings is 1. The number of benzene rings is 1. The first-order valence-electron chi connectivity index (χ1n) is 5.07. The van der Waals surface area contributed by atoms with Gasteiger partial charge in [-0.3, -0.25) is 0 Å². The van der Waals surface area contributed by atoms with Crippen LogP contribution in [0.15, 0.2) is 29.6 Å². The maximum absolute atomic E-state index is 10.3. The third-order valence-electron chi connectivity index (χ3n) is 2.17. The summed E-state index contributed by atoms with van der Waals surface area (Å²) in [5, 5.41) is 3.43. The Kier molecular flexibility index (Phi) is 4.57. The normalized spacial score (nSPS) is 11.9.